The molecule has 1 saturated heterocycles. The van der Waals surface area contributed by atoms with Gasteiger partial charge in [-0.05, 0) is 54.7 Å². The maximum atomic E-state index is 12.6. The number of carbonyl (C=O) groups is 2. The molecule has 2 aromatic carbocycles. The van der Waals surface area contributed by atoms with Crippen LogP contribution >= 0.6 is 0 Å². The van der Waals surface area contributed by atoms with Gasteiger partial charge in [0.1, 0.15) is 11.5 Å². The first-order valence-corrected chi connectivity index (χ1v) is 11.7. The molecule has 1 aliphatic heterocycles. The molecule has 2 N–H and O–H groups in total. The van der Waals surface area contributed by atoms with Crippen LogP contribution in [-0.4, -0.2) is 61.9 Å². The number of pyridine rings is 1. The predicted molar refractivity (Wildman–Crippen MR) is 133 cm³/mol. The number of ether oxygens (including phenoxy) is 2. The van der Waals surface area contributed by atoms with E-state index in [4.69, 9.17) is 9.47 Å². The van der Waals surface area contributed by atoms with E-state index in [9.17, 15) is 22.8 Å². The summed E-state index contributed by atoms with van der Waals surface area (Å²) in [5, 5.41) is 6.40. The van der Waals surface area contributed by atoms with Crippen molar-refractivity contribution in [2.24, 2.45) is 5.92 Å². The summed E-state index contributed by atoms with van der Waals surface area (Å²) in [5.74, 6) is -0.479. The number of hydrogen-bond acceptors (Lipinski definition) is 5. The van der Waals surface area contributed by atoms with Gasteiger partial charge in [-0.3, -0.25) is 9.78 Å². The van der Waals surface area contributed by atoms with E-state index in [2.05, 4.69) is 15.6 Å². The Morgan fingerprint density at radius 3 is 2.30 bits per heavy atom. The molecule has 196 valence electrons. The zero-order valence-corrected chi connectivity index (χ0v) is 20.4. The van der Waals surface area contributed by atoms with E-state index in [0.29, 0.717) is 42.1 Å². The lowest BCUT2D eigenvalue weighted by Crippen LogP contribution is -2.47. The first-order valence-electron chi connectivity index (χ1n) is 11.7. The molecule has 1 aromatic heterocycles. The normalized spacial score (nSPS) is 14.4. The number of methoxy groups -OCH3 is 2. The average Bonchev–Trinajstić information content (AvgIpc) is 2.90. The van der Waals surface area contributed by atoms with Crippen LogP contribution in [0, 0.1) is 5.92 Å². The van der Waals surface area contributed by atoms with Gasteiger partial charge in [-0.25, -0.2) is 4.79 Å². The van der Waals surface area contributed by atoms with Crippen LogP contribution in [0.1, 0.15) is 12.8 Å². The second-order valence-corrected chi connectivity index (χ2v) is 8.80. The Balaban J connectivity index is 1.34. The van der Waals surface area contributed by atoms with Gasteiger partial charge in [-0.1, -0.05) is 6.07 Å². The van der Waals surface area contributed by atoms with E-state index in [1.807, 2.05) is 24.3 Å². The second kappa shape index (κ2) is 10.9. The van der Waals surface area contributed by atoms with E-state index in [-0.39, 0.29) is 19.0 Å². The van der Waals surface area contributed by atoms with Crippen molar-refractivity contribution in [3.63, 3.8) is 0 Å². The van der Waals surface area contributed by atoms with Crippen LogP contribution < -0.4 is 20.1 Å². The quantitative estimate of drug-likeness (QED) is 0.489. The lowest BCUT2D eigenvalue weighted by molar-refractivity contribution is -0.186. The minimum absolute atomic E-state index is 0.00467. The molecule has 8 nitrogen and oxygen atoms in total. The van der Waals surface area contributed by atoms with Gasteiger partial charge in [0.2, 0.25) is 0 Å². The summed E-state index contributed by atoms with van der Waals surface area (Å²) in [5.41, 5.74) is 3.02. The third kappa shape index (κ3) is 6.41. The molecule has 1 fully saturated rings. The van der Waals surface area contributed by atoms with Gasteiger partial charge in [-0.15, -0.1) is 0 Å². The first-order chi connectivity index (χ1) is 17.7. The molecular formula is C26H27F3N4O4. The molecule has 1 aliphatic rings. The molecule has 0 bridgehead atoms. The number of anilines is 1. The summed E-state index contributed by atoms with van der Waals surface area (Å²) in [7, 11) is 3.18. The van der Waals surface area contributed by atoms with Crippen molar-refractivity contribution >= 4 is 28.5 Å². The van der Waals surface area contributed by atoms with Crippen LogP contribution in [0.5, 0.6) is 11.5 Å². The summed E-state index contributed by atoms with van der Waals surface area (Å²) in [6.45, 7) is 0.347. The van der Waals surface area contributed by atoms with Gasteiger partial charge in [0, 0.05) is 48.5 Å². The number of nitrogens with zero attached hydrogens (tertiary/aromatic N) is 2. The standard InChI is InChI=1S/C26H27F3N4O4/c1-36-21-10-18(11-22(13-21)37-2)19-9-17-3-4-20(12-23(17)30-15-19)32-25(35)31-14-16-5-7-33(8-6-16)24(34)26(27,28)29/h3-4,9-13,15-16H,5-8,14H2,1-2H3,(H2,31,32,35). The zero-order valence-electron chi connectivity index (χ0n) is 20.4. The number of halogens is 3. The van der Waals surface area contributed by atoms with Crippen LogP contribution in [-0.2, 0) is 4.79 Å². The Morgan fingerprint density at radius 1 is 1.00 bits per heavy atom. The first kappa shape index (κ1) is 26.1. The molecule has 4 rings (SSSR count). The lowest BCUT2D eigenvalue weighted by Gasteiger charge is -2.32. The van der Waals surface area contributed by atoms with Crippen molar-refractivity contribution in [2.45, 2.75) is 19.0 Å². The van der Waals surface area contributed by atoms with E-state index < -0.39 is 18.1 Å². The van der Waals surface area contributed by atoms with E-state index in [1.165, 1.54) is 0 Å². The molecule has 0 aliphatic carbocycles. The summed E-state index contributed by atoms with van der Waals surface area (Å²) in [6, 6.07) is 12.5. The number of urea groups is 1. The number of alkyl halides is 3. The van der Waals surface area contributed by atoms with Gasteiger partial charge in [0.25, 0.3) is 0 Å². The fraction of sp³-hybridized carbons (Fsp3) is 0.346. The van der Waals surface area contributed by atoms with E-state index >= 15 is 0 Å². The zero-order chi connectivity index (χ0) is 26.6. The highest BCUT2D eigenvalue weighted by Crippen LogP contribution is 2.31. The summed E-state index contributed by atoms with van der Waals surface area (Å²) in [4.78, 5) is 29.1. The number of carbonyl (C=O) groups excluding carboxylic acids is 2. The number of aromatic nitrogens is 1. The number of rotatable bonds is 6. The minimum atomic E-state index is -4.86. The van der Waals surface area contributed by atoms with Gasteiger partial charge in [0.15, 0.2) is 0 Å². The van der Waals surface area contributed by atoms with Crippen molar-refractivity contribution in [3.8, 4) is 22.6 Å². The average molecular weight is 517 g/mol. The maximum absolute atomic E-state index is 12.6. The Labute approximate surface area is 211 Å². The SMILES string of the molecule is COc1cc(OC)cc(-c2cnc3cc(NC(=O)NCC4CCN(C(=O)C(F)(F)F)CC4)ccc3c2)c1. The number of amides is 3. The topological polar surface area (TPSA) is 92.8 Å². The minimum Gasteiger partial charge on any atom is -0.497 e. The molecule has 0 spiro atoms. The number of hydrogen-bond donors (Lipinski definition) is 2. The van der Waals surface area contributed by atoms with Crippen LogP contribution in [0.2, 0.25) is 0 Å². The molecule has 3 amide bonds. The highest BCUT2D eigenvalue weighted by atomic mass is 19.4. The van der Waals surface area contributed by atoms with Gasteiger partial charge >= 0.3 is 18.1 Å². The maximum Gasteiger partial charge on any atom is 0.471 e. The summed E-state index contributed by atoms with van der Waals surface area (Å²) in [6.07, 6.45) is -2.34. The largest absolute Gasteiger partial charge is 0.497 e. The molecule has 11 heteroatoms. The summed E-state index contributed by atoms with van der Waals surface area (Å²) >= 11 is 0. The molecule has 0 radical (unpaired) electrons. The number of fused-ring (bicyclic) bond motifs is 1. The van der Waals surface area contributed by atoms with Crippen LogP contribution in [0.3, 0.4) is 0 Å². The smallest absolute Gasteiger partial charge is 0.471 e. The molecule has 0 atom stereocenters. The number of benzene rings is 2. The van der Waals surface area contributed by atoms with Crippen LogP contribution in [0.15, 0.2) is 48.7 Å². The molecule has 37 heavy (non-hydrogen) atoms. The fourth-order valence-electron chi connectivity index (χ4n) is 4.26. The molecule has 0 unspecified atom stereocenters. The molecule has 3 aromatic rings. The Bertz CT molecular complexity index is 1270. The van der Waals surface area contributed by atoms with Gasteiger partial charge < -0.3 is 25.0 Å². The van der Waals surface area contributed by atoms with Crippen LogP contribution in [0.4, 0.5) is 23.7 Å². The Hall–Kier alpha value is -4.02. The molecule has 0 saturated carbocycles. The van der Waals surface area contributed by atoms with E-state index in [0.717, 1.165) is 21.4 Å². The summed E-state index contributed by atoms with van der Waals surface area (Å²) < 4.78 is 48.4. The monoisotopic (exact) mass is 516 g/mol. The van der Waals surface area contributed by atoms with Crippen molar-refractivity contribution in [1.29, 1.82) is 0 Å². The third-order valence-corrected chi connectivity index (χ3v) is 6.32. The van der Waals surface area contributed by atoms with Gasteiger partial charge in [-0.2, -0.15) is 13.2 Å². The van der Waals surface area contributed by atoms with Crippen LogP contribution in [0.25, 0.3) is 22.0 Å². The Kier molecular flexibility index (Phi) is 7.70. The van der Waals surface area contributed by atoms with Crippen molar-refractivity contribution in [1.82, 2.24) is 15.2 Å². The predicted octanol–water partition coefficient (Wildman–Crippen LogP) is 4.84. The second-order valence-electron chi connectivity index (χ2n) is 8.80. The highest BCUT2D eigenvalue weighted by Gasteiger charge is 2.43. The van der Waals surface area contributed by atoms with E-state index in [1.54, 1.807) is 38.6 Å². The molecule has 2 heterocycles. The third-order valence-electron chi connectivity index (χ3n) is 6.32. The fourth-order valence-corrected chi connectivity index (χ4v) is 4.26. The number of likely N-dealkylation sites (tertiary alicyclic amines) is 1. The lowest BCUT2D eigenvalue weighted by atomic mass is 9.97. The highest BCUT2D eigenvalue weighted by molar-refractivity contribution is 5.93. The number of nitrogens with one attached hydrogen (secondary N) is 2. The van der Waals surface area contributed by atoms with Crippen molar-refractivity contribution < 1.29 is 32.2 Å². The molecular weight excluding hydrogens is 489 g/mol. The Morgan fingerprint density at radius 2 is 1.68 bits per heavy atom. The van der Waals surface area contributed by atoms with Crippen molar-refractivity contribution in [3.05, 3.63) is 48.7 Å². The number of piperidine rings is 1. The van der Waals surface area contributed by atoms with Gasteiger partial charge in [0.05, 0.1) is 19.7 Å². The van der Waals surface area contributed by atoms with Crippen molar-refractivity contribution in [2.75, 3.05) is 39.2 Å².